The van der Waals surface area contributed by atoms with E-state index in [4.69, 9.17) is 4.42 Å². The average Bonchev–Trinajstić information content (AvgIpc) is 2.65. The number of hydrogen-bond acceptors (Lipinski definition) is 4. The Kier molecular flexibility index (Phi) is 2.28. The summed E-state index contributed by atoms with van der Waals surface area (Å²) in [5.41, 5.74) is 1.60. The number of aliphatic hydroxyl groups is 1. The van der Waals surface area contributed by atoms with E-state index < -0.39 is 6.10 Å². The first-order chi connectivity index (χ1) is 6.79. The van der Waals surface area contributed by atoms with Crippen LogP contribution >= 0.6 is 0 Å². The molecular formula is C10H10N2O2. The minimum Gasteiger partial charge on any atom is -0.472 e. The molecule has 4 heteroatoms. The molecule has 0 bridgehead atoms. The first-order valence-corrected chi connectivity index (χ1v) is 4.26. The molecule has 2 aromatic heterocycles. The topological polar surface area (TPSA) is 59.2 Å². The second-order valence-electron chi connectivity index (χ2n) is 3.02. The van der Waals surface area contributed by atoms with Gasteiger partial charge in [0.1, 0.15) is 6.10 Å². The van der Waals surface area contributed by atoms with Gasteiger partial charge in [-0.15, -0.1) is 0 Å². The predicted octanol–water partition coefficient (Wildman–Crippen LogP) is 1.46. The van der Waals surface area contributed by atoms with E-state index in [1.54, 1.807) is 24.7 Å². The van der Waals surface area contributed by atoms with E-state index in [-0.39, 0.29) is 0 Å². The van der Waals surface area contributed by atoms with Crippen molar-refractivity contribution < 1.29 is 9.52 Å². The Balaban J connectivity index is 2.34. The van der Waals surface area contributed by atoms with Gasteiger partial charge in [-0.3, -0.25) is 0 Å². The molecule has 0 radical (unpaired) electrons. The van der Waals surface area contributed by atoms with Crippen LogP contribution in [0, 0.1) is 6.92 Å². The van der Waals surface area contributed by atoms with E-state index in [9.17, 15) is 5.11 Å². The van der Waals surface area contributed by atoms with Crippen molar-refractivity contribution >= 4 is 0 Å². The Morgan fingerprint density at radius 1 is 1.29 bits per heavy atom. The molecule has 1 unspecified atom stereocenters. The lowest BCUT2D eigenvalue weighted by molar-refractivity contribution is 0.208. The van der Waals surface area contributed by atoms with E-state index in [2.05, 4.69) is 9.97 Å². The van der Waals surface area contributed by atoms with Gasteiger partial charge in [-0.2, -0.15) is 0 Å². The highest BCUT2D eigenvalue weighted by atomic mass is 16.3. The Bertz CT molecular complexity index is 411. The van der Waals surface area contributed by atoms with Crippen molar-refractivity contribution in [3.8, 4) is 0 Å². The van der Waals surface area contributed by atoms with Crippen LogP contribution in [0.2, 0.25) is 0 Å². The van der Waals surface area contributed by atoms with E-state index in [0.29, 0.717) is 11.4 Å². The summed E-state index contributed by atoms with van der Waals surface area (Å²) >= 11 is 0. The summed E-state index contributed by atoms with van der Waals surface area (Å²) in [7, 11) is 0. The second kappa shape index (κ2) is 3.59. The van der Waals surface area contributed by atoms with Crippen LogP contribution in [0.1, 0.15) is 23.1 Å². The number of aromatic nitrogens is 2. The van der Waals surface area contributed by atoms with Crippen LogP contribution in [0.15, 0.2) is 35.4 Å². The SMILES string of the molecule is Cc1cocc1C(O)c1ncccn1. The molecule has 14 heavy (non-hydrogen) atoms. The largest absolute Gasteiger partial charge is 0.472 e. The van der Waals surface area contributed by atoms with Crippen LogP contribution in [0.5, 0.6) is 0 Å². The third-order valence-electron chi connectivity index (χ3n) is 2.02. The molecule has 0 aromatic carbocycles. The fourth-order valence-corrected chi connectivity index (χ4v) is 1.24. The van der Waals surface area contributed by atoms with Gasteiger partial charge < -0.3 is 9.52 Å². The van der Waals surface area contributed by atoms with E-state index in [1.807, 2.05) is 6.92 Å². The highest BCUT2D eigenvalue weighted by molar-refractivity contribution is 5.25. The third-order valence-corrected chi connectivity index (χ3v) is 2.02. The van der Waals surface area contributed by atoms with Crippen LogP contribution in [-0.4, -0.2) is 15.1 Å². The molecular weight excluding hydrogens is 180 g/mol. The Morgan fingerprint density at radius 3 is 2.57 bits per heavy atom. The fraction of sp³-hybridized carbons (Fsp3) is 0.200. The molecule has 1 N–H and O–H groups in total. The average molecular weight is 190 g/mol. The zero-order chi connectivity index (χ0) is 9.97. The zero-order valence-electron chi connectivity index (χ0n) is 7.71. The smallest absolute Gasteiger partial charge is 0.161 e. The molecule has 0 aliphatic carbocycles. The first kappa shape index (κ1) is 8.90. The van der Waals surface area contributed by atoms with E-state index in [1.165, 1.54) is 6.26 Å². The van der Waals surface area contributed by atoms with Gasteiger partial charge >= 0.3 is 0 Å². The Hall–Kier alpha value is -1.68. The summed E-state index contributed by atoms with van der Waals surface area (Å²) in [6.07, 6.45) is 5.48. The summed E-state index contributed by atoms with van der Waals surface area (Å²) in [5.74, 6) is 0.386. The number of aliphatic hydroxyl groups excluding tert-OH is 1. The summed E-state index contributed by atoms with van der Waals surface area (Å²) < 4.78 is 4.97. The Labute approximate surface area is 81.2 Å². The molecule has 0 fully saturated rings. The van der Waals surface area contributed by atoms with Gasteiger partial charge in [-0.1, -0.05) is 0 Å². The van der Waals surface area contributed by atoms with Crippen LogP contribution < -0.4 is 0 Å². The molecule has 0 saturated heterocycles. The molecule has 2 aromatic rings. The number of rotatable bonds is 2. The second-order valence-corrected chi connectivity index (χ2v) is 3.02. The van der Waals surface area contributed by atoms with Crippen LogP contribution in [0.25, 0.3) is 0 Å². The quantitative estimate of drug-likeness (QED) is 0.778. The number of nitrogens with zero attached hydrogens (tertiary/aromatic N) is 2. The lowest BCUT2D eigenvalue weighted by Gasteiger charge is -2.06. The molecule has 0 aliphatic rings. The van der Waals surface area contributed by atoms with Crippen LogP contribution in [-0.2, 0) is 0 Å². The first-order valence-electron chi connectivity index (χ1n) is 4.26. The fourth-order valence-electron chi connectivity index (χ4n) is 1.24. The van der Waals surface area contributed by atoms with Crippen molar-refractivity contribution in [1.29, 1.82) is 0 Å². The maximum Gasteiger partial charge on any atom is 0.161 e. The minimum absolute atomic E-state index is 0.386. The van der Waals surface area contributed by atoms with Gasteiger partial charge in [0.25, 0.3) is 0 Å². The lowest BCUT2D eigenvalue weighted by atomic mass is 10.1. The molecule has 4 nitrogen and oxygen atoms in total. The summed E-state index contributed by atoms with van der Waals surface area (Å²) in [6, 6.07) is 1.71. The molecule has 72 valence electrons. The van der Waals surface area contributed by atoms with Crippen molar-refractivity contribution in [1.82, 2.24) is 9.97 Å². The monoisotopic (exact) mass is 190 g/mol. The summed E-state index contributed by atoms with van der Waals surface area (Å²) in [5, 5.41) is 9.88. The molecule has 2 heterocycles. The standard InChI is InChI=1S/C10H10N2O2/c1-7-5-14-6-8(7)9(13)10-11-3-2-4-12-10/h2-6,9,13H,1H3. The molecule has 0 saturated carbocycles. The normalized spacial score (nSPS) is 12.7. The predicted molar refractivity (Wildman–Crippen MR) is 49.5 cm³/mol. The van der Waals surface area contributed by atoms with Gasteiger partial charge in [0.15, 0.2) is 5.82 Å². The molecule has 1 atom stereocenters. The van der Waals surface area contributed by atoms with E-state index in [0.717, 1.165) is 5.56 Å². The summed E-state index contributed by atoms with van der Waals surface area (Å²) in [4.78, 5) is 7.95. The van der Waals surface area contributed by atoms with Gasteiger partial charge in [-0.25, -0.2) is 9.97 Å². The van der Waals surface area contributed by atoms with Gasteiger partial charge in [0.05, 0.1) is 12.5 Å². The minimum atomic E-state index is -0.810. The Morgan fingerprint density at radius 2 is 2.00 bits per heavy atom. The van der Waals surface area contributed by atoms with Crippen LogP contribution in [0.4, 0.5) is 0 Å². The summed E-state index contributed by atoms with van der Waals surface area (Å²) in [6.45, 7) is 1.87. The third kappa shape index (κ3) is 1.52. The van der Waals surface area contributed by atoms with Crippen molar-refractivity contribution in [2.45, 2.75) is 13.0 Å². The number of aryl methyl sites for hydroxylation is 1. The molecule has 0 aliphatic heterocycles. The van der Waals surface area contributed by atoms with Crippen molar-refractivity contribution in [2.75, 3.05) is 0 Å². The van der Waals surface area contributed by atoms with Crippen molar-refractivity contribution in [3.63, 3.8) is 0 Å². The molecule has 2 rings (SSSR count). The highest BCUT2D eigenvalue weighted by Gasteiger charge is 2.16. The van der Waals surface area contributed by atoms with Crippen molar-refractivity contribution in [3.05, 3.63) is 47.9 Å². The maximum atomic E-state index is 9.88. The van der Waals surface area contributed by atoms with Gasteiger partial charge in [-0.05, 0) is 18.6 Å². The lowest BCUT2D eigenvalue weighted by Crippen LogP contribution is -2.04. The van der Waals surface area contributed by atoms with E-state index >= 15 is 0 Å². The number of furan rings is 1. The maximum absolute atomic E-state index is 9.88. The van der Waals surface area contributed by atoms with Gasteiger partial charge in [0, 0.05) is 18.0 Å². The molecule has 0 amide bonds. The van der Waals surface area contributed by atoms with Crippen molar-refractivity contribution in [2.24, 2.45) is 0 Å². The highest BCUT2D eigenvalue weighted by Crippen LogP contribution is 2.22. The number of hydrogen-bond donors (Lipinski definition) is 1. The van der Waals surface area contributed by atoms with Crippen LogP contribution in [0.3, 0.4) is 0 Å². The zero-order valence-corrected chi connectivity index (χ0v) is 7.71. The molecule has 0 spiro atoms. The van der Waals surface area contributed by atoms with Gasteiger partial charge in [0.2, 0.25) is 0 Å².